The van der Waals surface area contributed by atoms with Crippen molar-refractivity contribution in [2.45, 2.75) is 39.3 Å². The minimum Gasteiger partial charge on any atom is -0.496 e. The van der Waals surface area contributed by atoms with Gasteiger partial charge in [-0.3, -0.25) is 9.36 Å². The first-order chi connectivity index (χ1) is 23.3. The third-order valence-corrected chi connectivity index (χ3v) is 9.10. The minimum absolute atomic E-state index is 0.173. The summed E-state index contributed by atoms with van der Waals surface area (Å²) in [5.41, 5.74) is 2.96. The maximum Gasteiger partial charge on any atom is 0.338 e. The normalized spacial score (nSPS) is 14.4. The molecule has 6 rings (SSSR count). The first-order valence-corrected chi connectivity index (χ1v) is 16.5. The first kappa shape index (κ1) is 32.5. The van der Waals surface area contributed by atoms with Crippen LogP contribution in [0.3, 0.4) is 0 Å². The molecule has 1 aliphatic rings. The number of allylic oxidation sites excluding steroid dienone is 1. The monoisotopic (exact) mass is 662 g/mol. The van der Waals surface area contributed by atoms with Crippen molar-refractivity contribution >= 4 is 40.1 Å². The summed E-state index contributed by atoms with van der Waals surface area (Å²) in [6, 6.07) is 24.7. The Bertz CT molecular complexity index is 2230. The number of methoxy groups -OCH3 is 1. The lowest BCUT2D eigenvalue weighted by molar-refractivity contribution is -0.139. The number of ether oxygens (including phenoxy) is 3. The van der Waals surface area contributed by atoms with E-state index in [9.17, 15) is 19.5 Å². The van der Waals surface area contributed by atoms with Crippen LogP contribution in [-0.2, 0) is 16.1 Å². The molecule has 1 N–H and O–H groups in total. The highest BCUT2D eigenvalue weighted by molar-refractivity contribution is 7.07. The number of aromatic nitrogens is 1. The van der Waals surface area contributed by atoms with Gasteiger partial charge >= 0.3 is 11.9 Å². The SMILES string of the molecule is CCCC1=C(C(=O)OCC)[C@@H](c2c(OC)ccc3ccccc23)n2c(s/c(=C\c3ccccc3OCc3ccc(C(=O)O)cc3)c2=O)=N1. The summed E-state index contributed by atoms with van der Waals surface area (Å²) in [5.74, 6) is -0.416. The maximum absolute atomic E-state index is 14.5. The summed E-state index contributed by atoms with van der Waals surface area (Å²) in [5, 5.41) is 11.0. The van der Waals surface area contributed by atoms with Gasteiger partial charge in [0.1, 0.15) is 24.1 Å². The largest absolute Gasteiger partial charge is 0.496 e. The summed E-state index contributed by atoms with van der Waals surface area (Å²) >= 11 is 1.25. The summed E-state index contributed by atoms with van der Waals surface area (Å²) in [4.78, 5) is 44.8. The molecule has 0 unspecified atom stereocenters. The number of carbonyl (C=O) groups excluding carboxylic acids is 1. The second-order valence-corrected chi connectivity index (χ2v) is 12.2. The molecule has 0 saturated carbocycles. The topological polar surface area (TPSA) is 116 Å². The van der Waals surface area contributed by atoms with Crippen molar-refractivity contribution in [2.24, 2.45) is 4.99 Å². The van der Waals surface area contributed by atoms with Gasteiger partial charge in [0.2, 0.25) is 0 Å². The van der Waals surface area contributed by atoms with E-state index >= 15 is 0 Å². The van der Waals surface area contributed by atoms with E-state index in [0.29, 0.717) is 49.7 Å². The van der Waals surface area contributed by atoms with Gasteiger partial charge in [0.15, 0.2) is 4.80 Å². The molecule has 0 saturated heterocycles. The van der Waals surface area contributed by atoms with Crippen LogP contribution in [0.1, 0.15) is 59.8 Å². The number of esters is 1. The van der Waals surface area contributed by atoms with Crippen LogP contribution in [0.5, 0.6) is 11.5 Å². The van der Waals surface area contributed by atoms with Crippen LogP contribution in [0.2, 0.25) is 0 Å². The van der Waals surface area contributed by atoms with E-state index in [4.69, 9.17) is 19.2 Å². The predicted molar refractivity (Wildman–Crippen MR) is 184 cm³/mol. The summed E-state index contributed by atoms with van der Waals surface area (Å²) < 4.78 is 19.6. The Kier molecular flexibility index (Phi) is 9.54. The van der Waals surface area contributed by atoms with E-state index in [1.807, 2.05) is 67.6 Å². The molecule has 2 heterocycles. The zero-order valence-corrected chi connectivity index (χ0v) is 27.6. The number of para-hydroxylation sites is 1. The average Bonchev–Trinajstić information content (AvgIpc) is 3.41. The quantitative estimate of drug-likeness (QED) is 0.172. The fraction of sp³-hybridized carbons (Fsp3) is 0.211. The highest BCUT2D eigenvalue weighted by Crippen LogP contribution is 2.41. The number of hydrogen-bond acceptors (Lipinski definition) is 8. The number of aromatic carboxylic acids is 1. The molecule has 0 amide bonds. The van der Waals surface area contributed by atoms with Crippen LogP contribution in [0.4, 0.5) is 0 Å². The maximum atomic E-state index is 14.5. The standard InChI is InChI=1S/C38H34N2O7S/c1-4-10-28-33(37(44)46-5-2)34(32-27-13-8-6-11-24(27)19-20-30(32)45-3)40-35(41)31(48-38(40)39-28)21-26-12-7-9-14-29(26)47-22-23-15-17-25(18-16-23)36(42)43/h6-9,11-21,34H,4-5,10,22H2,1-3H3,(H,42,43)/b31-21-/t34-/m1/s1. The molecule has 5 aromatic rings. The number of thiazole rings is 1. The van der Waals surface area contributed by atoms with E-state index in [1.54, 1.807) is 36.8 Å². The highest BCUT2D eigenvalue weighted by atomic mass is 32.1. The van der Waals surface area contributed by atoms with Crippen LogP contribution in [0.25, 0.3) is 16.8 Å². The number of hydrogen-bond donors (Lipinski definition) is 1. The van der Waals surface area contributed by atoms with Crippen molar-refractivity contribution in [1.82, 2.24) is 4.57 Å². The van der Waals surface area contributed by atoms with E-state index in [2.05, 4.69) is 0 Å². The van der Waals surface area contributed by atoms with Crippen LogP contribution in [-0.4, -0.2) is 35.3 Å². The van der Waals surface area contributed by atoms with Gasteiger partial charge in [0, 0.05) is 11.1 Å². The van der Waals surface area contributed by atoms with Crippen LogP contribution in [0, 0.1) is 0 Å². The molecule has 4 aromatic carbocycles. The number of carboxylic acids is 1. The van der Waals surface area contributed by atoms with Gasteiger partial charge in [-0.25, -0.2) is 14.6 Å². The van der Waals surface area contributed by atoms with Gasteiger partial charge in [0.05, 0.1) is 35.1 Å². The minimum atomic E-state index is -0.994. The summed E-state index contributed by atoms with van der Waals surface area (Å²) in [7, 11) is 1.58. The van der Waals surface area contributed by atoms with Crippen molar-refractivity contribution in [3.05, 3.63) is 138 Å². The number of carboxylic acid groups (broad SMARTS) is 1. The molecular weight excluding hydrogens is 628 g/mol. The zero-order valence-electron chi connectivity index (χ0n) is 26.8. The van der Waals surface area contributed by atoms with E-state index < -0.39 is 18.0 Å². The Hall–Kier alpha value is -5.48. The Morgan fingerprint density at radius 2 is 1.71 bits per heavy atom. The van der Waals surface area contributed by atoms with Crippen molar-refractivity contribution in [2.75, 3.05) is 13.7 Å². The van der Waals surface area contributed by atoms with Crippen LogP contribution >= 0.6 is 11.3 Å². The van der Waals surface area contributed by atoms with Gasteiger partial charge in [-0.2, -0.15) is 0 Å². The number of fused-ring (bicyclic) bond motifs is 2. The van der Waals surface area contributed by atoms with E-state index in [1.165, 1.54) is 23.5 Å². The van der Waals surface area contributed by atoms with E-state index in [-0.39, 0.29) is 24.3 Å². The van der Waals surface area contributed by atoms with Gasteiger partial charge in [-0.05, 0) is 60.0 Å². The average molecular weight is 663 g/mol. The molecule has 1 aromatic heterocycles. The Labute approximate surface area is 280 Å². The molecule has 0 radical (unpaired) electrons. The van der Waals surface area contributed by atoms with Gasteiger partial charge in [-0.1, -0.05) is 85.3 Å². The molecular formula is C38H34N2O7S. The van der Waals surface area contributed by atoms with E-state index in [0.717, 1.165) is 22.8 Å². The summed E-state index contributed by atoms with van der Waals surface area (Å²) in [6.45, 7) is 4.15. The fourth-order valence-corrected chi connectivity index (χ4v) is 6.92. The van der Waals surface area contributed by atoms with Crippen LogP contribution < -0.4 is 24.4 Å². The zero-order chi connectivity index (χ0) is 33.8. The highest BCUT2D eigenvalue weighted by Gasteiger charge is 2.37. The van der Waals surface area contributed by atoms with Crippen LogP contribution in [0.15, 0.2) is 106 Å². The second-order valence-electron chi connectivity index (χ2n) is 11.1. The molecule has 1 aliphatic heterocycles. The first-order valence-electron chi connectivity index (χ1n) is 15.7. The predicted octanol–water partition coefficient (Wildman–Crippen LogP) is 6.02. The number of rotatable bonds is 11. The van der Waals surface area contributed by atoms with Crippen molar-refractivity contribution in [1.29, 1.82) is 0 Å². The lowest BCUT2D eigenvalue weighted by Gasteiger charge is -2.28. The molecule has 48 heavy (non-hydrogen) atoms. The molecule has 10 heteroatoms. The Morgan fingerprint density at radius 1 is 0.958 bits per heavy atom. The molecule has 1 atom stereocenters. The molecule has 0 aliphatic carbocycles. The number of benzene rings is 4. The van der Waals surface area contributed by atoms with Crippen molar-refractivity contribution in [3.8, 4) is 11.5 Å². The van der Waals surface area contributed by atoms with Crippen molar-refractivity contribution in [3.63, 3.8) is 0 Å². The third-order valence-electron chi connectivity index (χ3n) is 8.12. The van der Waals surface area contributed by atoms with Gasteiger partial charge in [-0.15, -0.1) is 0 Å². The Morgan fingerprint density at radius 3 is 2.44 bits per heavy atom. The fourth-order valence-electron chi connectivity index (χ4n) is 5.91. The molecule has 9 nitrogen and oxygen atoms in total. The lowest BCUT2D eigenvalue weighted by Crippen LogP contribution is -2.40. The summed E-state index contributed by atoms with van der Waals surface area (Å²) in [6.07, 6.45) is 3.03. The Balaban J connectivity index is 1.51. The second kappa shape index (κ2) is 14.1. The smallest absolute Gasteiger partial charge is 0.338 e. The number of carbonyl (C=O) groups is 2. The molecule has 0 bridgehead atoms. The number of nitrogens with zero attached hydrogens (tertiary/aromatic N) is 2. The van der Waals surface area contributed by atoms with Crippen molar-refractivity contribution < 1.29 is 28.9 Å². The molecule has 0 fully saturated rings. The lowest BCUT2D eigenvalue weighted by atomic mass is 9.90. The van der Waals surface area contributed by atoms with Gasteiger partial charge in [0.25, 0.3) is 5.56 Å². The molecule has 0 spiro atoms. The third kappa shape index (κ3) is 6.26. The van der Waals surface area contributed by atoms with Gasteiger partial charge < -0.3 is 19.3 Å². The molecule has 244 valence electrons.